The van der Waals surface area contributed by atoms with Crippen molar-refractivity contribution < 1.29 is 0 Å². The highest BCUT2D eigenvalue weighted by Crippen LogP contribution is 2.41. The van der Waals surface area contributed by atoms with Gasteiger partial charge in [0.1, 0.15) is 0 Å². The molecule has 0 spiro atoms. The van der Waals surface area contributed by atoms with Crippen LogP contribution in [0.15, 0.2) is 218 Å². The van der Waals surface area contributed by atoms with Crippen LogP contribution in [0.4, 0.5) is 17.1 Å². The van der Waals surface area contributed by atoms with E-state index in [-0.39, 0.29) is 0 Å². The van der Waals surface area contributed by atoms with Gasteiger partial charge in [-0.1, -0.05) is 176 Å². The number of hydrogen-bond acceptors (Lipinski definition) is 4. The topological polar surface area (TPSA) is 41.9 Å². The molecule has 0 amide bonds. The van der Waals surface area contributed by atoms with E-state index in [1.54, 1.807) is 0 Å². The third-order valence-electron chi connectivity index (χ3n) is 10.5. The first-order valence-electron chi connectivity index (χ1n) is 19.2. The highest BCUT2D eigenvalue weighted by molar-refractivity contribution is 5.97. The molecule has 57 heavy (non-hydrogen) atoms. The van der Waals surface area contributed by atoms with Crippen molar-refractivity contribution in [1.82, 2.24) is 15.0 Å². The molecule has 0 unspecified atom stereocenters. The summed E-state index contributed by atoms with van der Waals surface area (Å²) in [7, 11) is 0. The Hall–Kier alpha value is -7.69. The van der Waals surface area contributed by atoms with Crippen LogP contribution in [0.2, 0.25) is 0 Å². The molecule has 0 aliphatic carbocycles. The van der Waals surface area contributed by atoms with Crippen molar-refractivity contribution in [2.75, 3.05) is 4.90 Å². The number of rotatable bonds is 8. The summed E-state index contributed by atoms with van der Waals surface area (Å²) in [5, 5.41) is 4.74. The molecule has 0 saturated heterocycles. The van der Waals surface area contributed by atoms with Gasteiger partial charge in [0.2, 0.25) is 0 Å². The van der Waals surface area contributed by atoms with Crippen molar-refractivity contribution in [3.63, 3.8) is 0 Å². The molecule has 0 fully saturated rings. The summed E-state index contributed by atoms with van der Waals surface area (Å²) in [6, 6.07) is 76.4. The molecule has 0 aliphatic rings. The Balaban J connectivity index is 1.12. The highest BCUT2D eigenvalue weighted by Gasteiger charge is 2.21. The first-order chi connectivity index (χ1) is 28.2. The first kappa shape index (κ1) is 33.8. The fraction of sp³-hybridized carbons (Fsp3) is 0. The maximum absolute atomic E-state index is 5.25. The lowest BCUT2D eigenvalue weighted by Crippen LogP contribution is -2.12. The van der Waals surface area contributed by atoms with Gasteiger partial charge in [-0.3, -0.25) is 0 Å². The first-order valence-corrected chi connectivity index (χ1v) is 19.2. The Bertz CT molecular complexity index is 2990. The number of fused-ring (bicyclic) bond motifs is 2. The Morgan fingerprint density at radius 3 is 1.58 bits per heavy atom. The van der Waals surface area contributed by atoms with Crippen LogP contribution >= 0.6 is 0 Å². The predicted molar refractivity (Wildman–Crippen MR) is 237 cm³/mol. The second kappa shape index (κ2) is 14.9. The Labute approximate surface area is 332 Å². The van der Waals surface area contributed by atoms with Crippen LogP contribution in [0.25, 0.3) is 78.0 Å². The third-order valence-corrected chi connectivity index (χ3v) is 10.5. The second-order valence-corrected chi connectivity index (χ2v) is 14.1. The average Bonchev–Trinajstić information content (AvgIpc) is 3.30. The van der Waals surface area contributed by atoms with Crippen LogP contribution in [0, 0.1) is 0 Å². The third kappa shape index (κ3) is 6.70. The summed E-state index contributed by atoms with van der Waals surface area (Å²) in [5.74, 6) is 1.83. The molecule has 10 aromatic rings. The van der Waals surface area contributed by atoms with Gasteiger partial charge in [-0.2, -0.15) is 0 Å². The summed E-state index contributed by atoms with van der Waals surface area (Å²) in [5.41, 5.74) is 10.4. The molecule has 0 atom stereocenters. The highest BCUT2D eigenvalue weighted by atomic mass is 15.2. The van der Waals surface area contributed by atoms with Crippen LogP contribution in [-0.4, -0.2) is 15.0 Å². The number of nitrogens with zero attached hydrogens (tertiary/aromatic N) is 4. The monoisotopic (exact) mass is 728 g/mol. The average molecular weight is 729 g/mol. The SMILES string of the molecule is c1ccc(-c2ccc(N(c3ccccc3)c3ccccc3-c3nc(-c4ccc(-c5cccc6ccccc56)cc4)nc(-c4ccc5ccccc5c4)n3)cc2)cc1. The zero-order valence-electron chi connectivity index (χ0n) is 31.1. The van der Waals surface area contributed by atoms with Gasteiger partial charge in [-0.25, -0.2) is 15.0 Å². The number of aromatic nitrogens is 3. The molecule has 1 aromatic heterocycles. The minimum absolute atomic E-state index is 0.596. The van der Waals surface area contributed by atoms with E-state index >= 15 is 0 Å². The molecule has 1 heterocycles. The van der Waals surface area contributed by atoms with Gasteiger partial charge in [0.05, 0.1) is 5.69 Å². The van der Waals surface area contributed by atoms with Crippen LogP contribution in [0.5, 0.6) is 0 Å². The zero-order valence-corrected chi connectivity index (χ0v) is 31.1. The number of para-hydroxylation sites is 2. The molecule has 0 radical (unpaired) electrons. The fourth-order valence-electron chi connectivity index (χ4n) is 7.65. The molecule has 10 rings (SSSR count). The van der Waals surface area contributed by atoms with Gasteiger partial charge in [0, 0.05) is 28.1 Å². The molecular formula is C53H36N4. The number of hydrogen-bond donors (Lipinski definition) is 0. The summed E-state index contributed by atoms with van der Waals surface area (Å²) in [6.45, 7) is 0. The Morgan fingerprint density at radius 2 is 0.789 bits per heavy atom. The van der Waals surface area contributed by atoms with E-state index in [0.29, 0.717) is 17.5 Å². The van der Waals surface area contributed by atoms with E-state index < -0.39 is 0 Å². The van der Waals surface area contributed by atoms with Crippen molar-refractivity contribution in [1.29, 1.82) is 0 Å². The van der Waals surface area contributed by atoms with Crippen LogP contribution in [0.1, 0.15) is 0 Å². The summed E-state index contributed by atoms with van der Waals surface area (Å²) in [4.78, 5) is 17.9. The molecular weight excluding hydrogens is 693 g/mol. The van der Waals surface area contributed by atoms with Crippen molar-refractivity contribution in [3.05, 3.63) is 218 Å². The van der Waals surface area contributed by atoms with E-state index in [1.807, 2.05) is 12.1 Å². The van der Waals surface area contributed by atoms with E-state index in [2.05, 4.69) is 211 Å². The fourth-order valence-corrected chi connectivity index (χ4v) is 7.65. The molecule has 4 nitrogen and oxygen atoms in total. The van der Waals surface area contributed by atoms with Gasteiger partial charge in [-0.15, -0.1) is 0 Å². The molecule has 9 aromatic carbocycles. The number of anilines is 3. The van der Waals surface area contributed by atoms with Crippen molar-refractivity contribution in [3.8, 4) is 56.4 Å². The van der Waals surface area contributed by atoms with Crippen molar-refractivity contribution >= 4 is 38.6 Å². The maximum atomic E-state index is 5.25. The lowest BCUT2D eigenvalue weighted by Gasteiger charge is -2.27. The van der Waals surface area contributed by atoms with E-state index in [0.717, 1.165) is 50.3 Å². The quantitative estimate of drug-likeness (QED) is 0.156. The van der Waals surface area contributed by atoms with Crippen LogP contribution in [0.3, 0.4) is 0 Å². The summed E-state index contributed by atoms with van der Waals surface area (Å²) >= 11 is 0. The smallest absolute Gasteiger partial charge is 0.166 e. The molecule has 0 bridgehead atoms. The van der Waals surface area contributed by atoms with E-state index in [9.17, 15) is 0 Å². The summed E-state index contributed by atoms with van der Waals surface area (Å²) in [6.07, 6.45) is 0. The maximum Gasteiger partial charge on any atom is 0.166 e. The van der Waals surface area contributed by atoms with Gasteiger partial charge in [0.15, 0.2) is 17.5 Å². The molecule has 0 aliphatic heterocycles. The second-order valence-electron chi connectivity index (χ2n) is 14.1. The van der Waals surface area contributed by atoms with Crippen molar-refractivity contribution in [2.45, 2.75) is 0 Å². The largest absolute Gasteiger partial charge is 0.310 e. The van der Waals surface area contributed by atoms with Crippen molar-refractivity contribution in [2.24, 2.45) is 0 Å². The molecule has 0 saturated carbocycles. The minimum Gasteiger partial charge on any atom is -0.310 e. The number of benzene rings is 9. The van der Waals surface area contributed by atoms with E-state index in [1.165, 1.54) is 27.3 Å². The van der Waals surface area contributed by atoms with Gasteiger partial charge >= 0.3 is 0 Å². The van der Waals surface area contributed by atoms with E-state index in [4.69, 9.17) is 15.0 Å². The Kier molecular flexibility index (Phi) is 8.82. The molecule has 268 valence electrons. The molecule has 4 heteroatoms. The lowest BCUT2D eigenvalue weighted by molar-refractivity contribution is 1.07. The summed E-state index contributed by atoms with van der Waals surface area (Å²) < 4.78 is 0. The normalized spacial score (nSPS) is 11.2. The van der Waals surface area contributed by atoms with Gasteiger partial charge < -0.3 is 4.90 Å². The van der Waals surface area contributed by atoms with Gasteiger partial charge in [-0.05, 0) is 86.3 Å². The Morgan fingerprint density at radius 1 is 0.281 bits per heavy atom. The zero-order chi connectivity index (χ0) is 38.0. The van der Waals surface area contributed by atoms with Crippen LogP contribution < -0.4 is 4.90 Å². The van der Waals surface area contributed by atoms with Crippen LogP contribution in [-0.2, 0) is 0 Å². The standard InChI is InChI=1S/C53H36N4/c1-3-14-37(15-4-1)39-32-34-46(35-33-39)57(45-20-5-2-6-21-45)50-25-12-11-23-49(50)53-55-51(54-52(56-53)44-31-26-38-16-7-8-18-43(38)36-44)42-29-27-41(28-30-42)48-24-13-19-40-17-9-10-22-47(40)48/h1-36H. The molecule has 0 N–H and O–H groups in total. The van der Waals surface area contributed by atoms with Gasteiger partial charge in [0.25, 0.3) is 0 Å². The minimum atomic E-state index is 0.596. The lowest BCUT2D eigenvalue weighted by atomic mass is 9.97. The predicted octanol–water partition coefficient (Wildman–Crippen LogP) is 14.0.